The molecule has 0 spiro atoms. The lowest BCUT2D eigenvalue weighted by atomic mass is 10.1. The summed E-state index contributed by atoms with van der Waals surface area (Å²) in [4.78, 5) is 17.4. The number of benzene rings is 1. The highest BCUT2D eigenvalue weighted by atomic mass is 32.1. The standard InChI is InChI=1S/C20H29N5OS/c1-15-7-6-8-16(13-15)19-21-22-20(27)25(19)14-18(26)24(12-11-23(2)3)17-9-4-5-10-17/h6-8,13,17H,4-5,9-12,14H2,1-3H3,(H,22,27). The van der Waals surface area contributed by atoms with Gasteiger partial charge in [-0.15, -0.1) is 0 Å². The highest BCUT2D eigenvalue weighted by Crippen LogP contribution is 2.24. The van der Waals surface area contributed by atoms with Crippen molar-refractivity contribution < 1.29 is 4.79 Å². The van der Waals surface area contributed by atoms with E-state index in [2.05, 4.69) is 26.1 Å². The summed E-state index contributed by atoms with van der Waals surface area (Å²) in [5.74, 6) is 0.839. The molecule has 1 aromatic heterocycles. The van der Waals surface area contributed by atoms with Gasteiger partial charge in [0.15, 0.2) is 10.6 Å². The van der Waals surface area contributed by atoms with Crippen LogP contribution in [0.1, 0.15) is 31.2 Å². The molecule has 1 aliphatic rings. The summed E-state index contributed by atoms with van der Waals surface area (Å²) in [6.07, 6.45) is 4.60. The number of aryl methyl sites for hydroxylation is 1. The normalized spacial score (nSPS) is 14.8. The van der Waals surface area contributed by atoms with Gasteiger partial charge in [0.2, 0.25) is 5.91 Å². The number of hydrogen-bond donors (Lipinski definition) is 1. The first kappa shape index (κ1) is 19.8. The van der Waals surface area contributed by atoms with Crippen molar-refractivity contribution in [3.05, 3.63) is 34.6 Å². The lowest BCUT2D eigenvalue weighted by Gasteiger charge is -2.30. The van der Waals surface area contributed by atoms with E-state index in [9.17, 15) is 4.79 Å². The molecule has 2 aromatic rings. The molecular formula is C20H29N5OS. The van der Waals surface area contributed by atoms with Crippen LogP contribution in [0.5, 0.6) is 0 Å². The maximum atomic E-state index is 13.2. The van der Waals surface area contributed by atoms with Crippen LogP contribution < -0.4 is 0 Å². The molecule has 1 aromatic carbocycles. The van der Waals surface area contributed by atoms with Crippen LogP contribution in [0, 0.1) is 11.7 Å². The number of nitrogens with one attached hydrogen (secondary N) is 1. The SMILES string of the molecule is Cc1cccc(-c2n[nH]c(=S)n2CC(=O)N(CCN(C)C)C2CCCC2)c1. The maximum absolute atomic E-state index is 13.2. The lowest BCUT2D eigenvalue weighted by molar-refractivity contribution is -0.134. The second kappa shape index (κ2) is 8.80. The van der Waals surface area contributed by atoms with Crippen LogP contribution in [0.4, 0.5) is 0 Å². The van der Waals surface area contributed by atoms with Gasteiger partial charge in [0.25, 0.3) is 0 Å². The Labute approximate surface area is 166 Å². The fourth-order valence-corrected chi connectivity index (χ4v) is 3.93. The van der Waals surface area contributed by atoms with Gasteiger partial charge >= 0.3 is 0 Å². The van der Waals surface area contributed by atoms with Crippen LogP contribution in [0.15, 0.2) is 24.3 Å². The van der Waals surface area contributed by atoms with Crippen molar-refractivity contribution in [1.29, 1.82) is 0 Å². The van der Waals surface area contributed by atoms with Crippen molar-refractivity contribution in [2.75, 3.05) is 27.2 Å². The number of carbonyl (C=O) groups excluding carboxylic acids is 1. The number of H-pyrrole nitrogens is 1. The first-order chi connectivity index (χ1) is 13.0. The van der Waals surface area contributed by atoms with E-state index in [4.69, 9.17) is 12.2 Å². The number of amides is 1. The average Bonchev–Trinajstić information content (AvgIpc) is 3.26. The molecule has 1 fully saturated rings. The van der Waals surface area contributed by atoms with Crippen molar-refractivity contribution in [2.24, 2.45) is 0 Å². The monoisotopic (exact) mass is 387 g/mol. The largest absolute Gasteiger partial charge is 0.337 e. The Hall–Kier alpha value is -1.99. The summed E-state index contributed by atoms with van der Waals surface area (Å²) in [5.41, 5.74) is 2.12. The van der Waals surface area contributed by atoms with Crippen molar-refractivity contribution in [2.45, 2.75) is 45.2 Å². The minimum Gasteiger partial charge on any atom is -0.337 e. The van der Waals surface area contributed by atoms with E-state index in [1.54, 1.807) is 0 Å². The molecule has 1 saturated carbocycles. The third-order valence-corrected chi connectivity index (χ3v) is 5.51. The van der Waals surface area contributed by atoms with Crippen molar-refractivity contribution in [3.8, 4) is 11.4 Å². The van der Waals surface area contributed by atoms with Crippen LogP contribution in [0.2, 0.25) is 0 Å². The quantitative estimate of drug-likeness (QED) is 0.741. The molecule has 7 heteroatoms. The summed E-state index contributed by atoms with van der Waals surface area (Å²) in [6, 6.07) is 8.45. The number of hydrogen-bond acceptors (Lipinski definition) is 4. The van der Waals surface area contributed by atoms with Gasteiger partial charge in [-0.1, -0.05) is 36.6 Å². The third kappa shape index (κ3) is 4.84. The second-order valence-electron chi connectivity index (χ2n) is 7.64. The van der Waals surface area contributed by atoms with E-state index < -0.39 is 0 Å². The number of carbonyl (C=O) groups is 1. The second-order valence-corrected chi connectivity index (χ2v) is 8.02. The Morgan fingerprint density at radius 1 is 1.30 bits per heavy atom. The number of rotatable bonds is 7. The average molecular weight is 388 g/mol. The summed E-state index contributed by atoms with van der Waals surface area (Å²) < 4.78 is 2.31. The first-order valence-corrected chi connectivity index (χ1v) is 10.0. The number of likely N-dealkylation sites (N-methyl/N-ethyl adjacent to an activating group) is 1. The number of aromatic amines is 1. The van der Waals surface area contributed by atoms with Gasteiger partial charge in [0.05, 0.1) is 0 Å². The molecular weight excluding hydrogens is 358 g/mol. The van der Waals surface area contributed by atoms with Gasteiger partial charge in [-0.25, -0.2) is 0 Å². The number of aromatic nitrogens is 3. The molecule has 1 N–H and O–H groups in total. The molecule has 27 heavy (non-hydrogen) atoms. The minimum absolute atomic E-state index is 0.121. The molecule has 0 unspecified atom stereocenters. The van der Waals surface area contributed by atoms with Gasteiger partial charge in [0.1, 0.15) is 6.54 Å². The summed E-state index contributed by atoms with van der Waals surface area (Å²) in [6.45, 7) is 3.89. The third-order valence-electron chi connectivity index (χ3n) is 5.20. The molecule has 0 radical (unpaired) electrons. The number of nitrogens with zero attached hydrogens (tertiary/aromatic N) is 4. The van der Waals surface area contributed by atoms with Gasteiger partial charge in [-0.05, 0) is 52.1 Å². The molecule has 0 aliphatic heterocycles. The van der Waals surface area contributed by atoms with Crippen LogP contribution >= 0.6 is 12.2 Å². The first-order valence-electron chi connectivity index (χ1n) is 9.62. The zero-order chi connectivity index (χ0) is 19.4. The Morgan fingerprint density at radius 2 is 2.04 bits per heavy atom. The smallest absolute Gasteiger partial charge is 0.242 e. The van der Waals surface area contributed by atoms with Gasteiger partial charge < -0.3 is 9.80 Å². The van der Waals surface area contributed by atoms with Crippen LogP contribution in [-0.2, 0) is 11.3 Å². The summed E-state index contributed by atoms with van der Waals surface area (Å²) in [5, 5.41) is 7.23. The molecule has 3 rings (SSSR count). The van der Waals surface area contributed by atoms with Crippen molar-refractivity contribution in [3.63, 3.8) is 0 Å². The van der Waals surface area contributed by atoms with Crippen molar-refractivity contribution >= 4 is 18.1 Å². The van der Waals surface area contributed by atoms with Crippen LogP contribution in [-0.4, -0.2) is 63.7 Å². The minimum atomic E-state index is 0.121. The predicted molar refractivity (Wildman–Crippen MR) is 110 cm³/mol. The highest BCUT2D eigenvalue weighted by molar-refractivity contribution is 7.71. The van der Waals surface area contributed by atoms with Crippen LogP contribution in [0.25, 0.3) is 11.4 Å². The molecule has 0 saturated heterocycles. The highest BCUT2D eigenvalue weighted by Gasteiger charge is 2.27. The molecule has 6 nitrogen and oxygen atoms in total. The lowest BCUT2D eigenvalue weighted by Crippen LogP contribution is -2.44. The van der Waals surface area contributed by atoms with E-state index in [-0.39, 0.29) is 12.5 Å². The zero-order valence-corrected chi connectivity index (χ0v) is 17.3. The molecule has 146 valence electrons. The van der Waals surface area contributed by atoms with Gasteiger partial charge in [0, 0.05) is 24.7 Å². The Bertz CT molecular complexity index is 835. The fourth-order valence-electron chi connectivity index (χ4n) is 3.73. The molecule has 1 amide bonds. The summed E-state index contributed by atoms with van der Waals surface area (Å²) in [7, 11) is 4.08. The van der Waals surface area contributed by atoms with Gasteiger partial charge in [-0.3, -0.25) is 14.5 Å². The molecule has 1 aliphatic carbocycles. The van der Waals surface area contributed by atoms with E-state index in [1.165, 1.54) is 12.8 Å². The van der Waals surface area contributed by atoms with E-state index >= 15 is 0 Å². The molecule has 0 atom stereocenters. The Morgan fingerprint density at radius 3 is 2.70 bits per heavy atom. The zero-order valence-electron chi connectivity index (χ0n) is 16.4. The Balaban J connectivity index is 1.83. The Kier molecular flexibility index (Phi) is 6.44. The van der Waals surface area contributed by atoms with E-state index in [0.29, 0.717) is 10.8 Å². The van der Waals surface area contributed by atoms with Crippen molar-refractivity contribution in [1.82, 2.24) is 24.6 Å². The predicted octanol–water partition coefficient (Wildman–Crippen LogP) is 3.25. The van der Waals surface area contributed by atoms with E-state index in [0.717, 1.165) is 42.9 Å². The van der Waals surface area contributed by atoms with Crippen LogP contribution in [0.3, 0.4) is 0 Å². The molecule has 1 heterocycles. The van der Waals surface area contributed by atoms with Gasteiger partial charge in [-0.2, -0.15) is 5.10 Å². The summed E-state index contributed by atoms with van der Waals surface area (Å²) >= 11 is 5.42. The molecule has 0 bridgehead atoms. The topological polar surface area (TPSA) is 57.2 Å². The maximum Gasteiger partial charge on any atom is 0.242 e. The fraction of sp³-hybridized carbons (Fsp3) is 0.550. The van der Waals surface area contributed by atoms with E-state index in [1.807, 2.05) is 43.8 Å².